The first kappa shape index (κ1) is 24.3. The summed E-state index contributed by atoms with van der Waals surface area (Å²) in [6, 6.07) is 11.1. The summed E-state index contributed by atoms with van der Waals surface area (Å²) >= 11 is 0. The second kappa shape index (κ2) is 9.06. The van der Waals surface area contributed by atoms with E-state index in [9.17, 15) is 21.6 Å². The first-order chi connectivity index (χ1) is 16.4. The molecule has 13 heteroatoms. The molecule has 0 amide bonds. The number of aliphatic carboxylic acids is 1. The average Bonchev–Trinajstić information content (AvgIpc) is 3.47. The van der Waals surface area contributed by atoms with Crippen molar-refractivity contribution >= 4 is 26.8 Å². The molecule has 3 N–H and O–H groups in total. The number of hydrogen-bond acceptors (Lipinski definition) is 6. The highest BCUT2D eigenvalue weighted by molar-refractivity contribution is 7.90. The Morgan fingerprint density at radius 2 is 1.91 bits per heavy atom. The van der Waals surface area contributed by atoms with Gasteiger partial charge in [0.1, 0.15) is 11.6 Å². The molecule has 1 aliphatic heterocycles. The number of carboxylic acid groups (broad SMARTS) is 1. The van der Waals surface area contributed by atoms with E-state index in [0.29, 0.717) is 17.9 Å². The van der Waals surface area contributed by atoms with Gasteiger partial charge in [-0.1, -0.05) is 6.07 Å². The lowest BCUT2D eigenvalue weighted by Crippen LogP contribution is -2.21. The number of nitrogens with one attached hydrogen (secondary N) is 2. The molecule has 9 nitrogen and oxygen atoms in total. The number of fused-ring (bicyclic) bond motifs is 2. The van der Waals surface area contributed by atoms with E-state index in [1.54, 1.807) is 24.4 Å². The molecule has 184 valence electrons. The van der Waals surface area contributed by atoms with Gasteiger partial charge in [0.15, 0.2) is 9.84 Å². The van der Waals surface area contributed by atoms with Gasteiger partial charge in [-0.15, -0.1) is 0 Å². The number of H-pyrrole nitrogens is 2. The maximum atomic E-state index is 11.9. The third kappa shape index (κ3) is 5.45. The molecule has 5 rings (SSSR count). The molecule has 0 radical (unpaired) electrons. The second-order valence-corrected chi connectivity index (χ2v) is 9.91. The second-order valence-electron chi connectivity index (χ2n) is 7.90. The largest absolute Gasteiger partial charge is 0.493 e. The molecular formula is C22H19F3N4O5S. The predicted octanol–water partition coefficient (Wildman–Crippen LogP) is 3.71. The van der Waals surface area contributed by atoms with Crippen LogP contribution >= 0.6 is 0 Å². The van der Waals surface area contributed by atoms with Gasteiger partial charge >= 0.3 is 12.1 Å². The van der Waals surface area contributed by atoms with Gasteiger partial charge in [0.25, 0.3) is 0 Å². The summed E-state index contributed by atoms with van der Waals surface area (Å²) in [7, 11) is -3.25. The fraction of sp³-hybridized carbons (Fsp3) is 0.227. The third-order valence-electron chi connectivity index (χ3n) is 5.33. The molecule has 2 aromatic heterocycles. The molecule has 0 fully saturated rings. The number of aromatic nitrogens is 4. The zero-order chi connectivity index (χ0) is 25.4. The number of carboxylic acids is 1. The van der Waals surface area contributed by atoms with Crippen LogP contribution in [0.15, 0.2) is 53.7 Å². The van der Waals surface area contributed by atoms with Crippen molar-refractivity contribution in [3.8, 4) is 16.9 Å². The Kier molecular flexibility index (Phi) is 6.28. The lowest BCUT2D eigenvalue weighted by Gasteiger charge is -2.24. The number of carbonyl (C=O) groups is 1. The van der Waals surface area contributed by atoms with Gasteiger partial charge in [-0.3, -0.25) is 5.10 Å². The summed E-state index contributed by atoms with van der Waals surface area (Å²) in [6.45, 7) is 0.500. The molecule has 3 heterocycles. The molecule has 0 saturated carbocycles. The van der Waals surface area contributed by atoms with Crippen molar-refractivity contribution in [3.05, 3.63) is 60.2 Å². The number of imidazole rings is 1. The lowest BCUT2D eigenvalue weighted by atomic mass is 9.96. The van der Waals surface area contributed by atoms with E-state index >= 15 is 0 Å². The smallest absolute Gasteiger partial charge is 0.490 e. The van der Waals surface area contributed by atoms with Crippen molar-refractivity contribution < 1.29 is 36.2 Å². The van der Waals surface area contributed by atoms with Gasteiger partial charge in [-0.25, -0.2) is 18.2 Å². The number of ether oxygens (including phenoxy) is 1. The number of alkyl halides is 3. The fourth-order valence-electron chi connectivity index (χ4n) is 3.59. The molecular weight excluding hydrogens is 489 g/mol. The first-order valence-electron chi connectivity index (χ1n) is 10.2. The zero-order valence-electron chi connectivity index (χ0n) is 18.1. The van der Waals surface area contributed by atoms with Crippen molar-refractivity contribution in [1.29, 1.82) is 0 Å². The Labute approximate surface area is 196 Å². The molecule has 0 aliphatic carbocycles. The normalized spacial score (nSPS) is 15.6. The number of aromatic amines is 2. The van der Waals surface area contributed by atoms with E-state index in [1.165, 1.54) is 6.26 Å². The molecule has 0 spiro atoms. The van der Waals surface area contributed by atoms with Crippen LogP contribution in [-0.4, -0.2) is 58.7 Å². The summed E-state index contributed by atoms with van der Waals surface area (Å²) < 4.78 is 61.3. The van der Waals surface area contributed by atoms with Crippen molar-refractivity contribution in [3.63, 3.8) is 0 Å². The van der Waals surface area contributed by atoms with Crippen LogP contribution in [0.25, 0.3) is 22.2 Å². The number of sulfone groups is 1. The summed E-state index contributed by atoms with van der Waals surface area (Å²) in [4.78, 5) is 17.3. The minimum atomic E-state index is -5.08. The minimum Gasteiger partial charge on any atom is -0.493 e. The fourth-order valence-corrected chi connectivity index (χ4v) is 4.26. The van der Waals surface area contributed by atoms with E-state index in [0.717, 1.165) is 39.3 Å². The minimum absolute atomic E-state index is 0.0343. The standard InChI is InChI=1S/C20H18N4O3S.C2HF3O2/c1-28(25,26)16-3-5-19-13(7-16)6-14(11-27-19)20-23-17-4-2-12(8-18(17)24-20)15-9-21-22-10-15;3-2(4,5)1(6)7/h2-5,7-10,14H,6,11H2,1H3,(H,21,22)(H,23,24);(H,6,7). The van der Waals surface area contributed by atoms with Crippen LogP contribution in [0.2, 0.25) is 0 Å². The van der Waals surface area contributed by atoms with Gasteiger partial charge < -0.3 is 14.8 Å². The van der Waals surface area contributed by atoms with E-state index in [2.05, 4.69) is 21.2 Å². The van der Waals surface area contributed by atoms with Crippen LogP contribution in [0, 0.1) is 0 Å². The first-order valence-corrected chi connectivity index (χ1v) is 12.1. The van der Waals surface area contributed by atoms with Gasteiger partial charge in [0.2, 0.25) is 0 Å². The number of benzene rings is 2. The molecule has 0 bridgehead atoms. The van der Waals surface area contributed by atoms with Crippen LogP contribution in [0.4, 0.5) is 13.2 Å². The van der Waals surface area contributed by atoms with Crippen molar-refractivity contribution in [2.45, 2.75) is 23.4 Å². The Hall–Kier alpha value is -3.87. The molecule has 0 saturated heterocycles. The Morgan fingerprint density at radius 1 is 1.17 bits per heavy atom. The van der Waals surface area contributed by atoms with Gasteiger partial charge in [0.05, 0.1) is 34.7 Å². The average molecular weight is 508 g/mol. The predicted molar refractivity (Wildman–Crippen MR) is 119 cm³/mol. The third-order valence-corrected chi connectivity index (χ3v) is 6.44. The quantitative estimate of drug-likeness (QED) is 0.384. The van der Waals surface area contributed by atoms with Gasteiger partial charge in [-0.2, -0.15) is 18.3 Å². The number of nitrogens with zero attached hydrogens (tertiary/aromatic N) is 2. The highest BCUT2D eigenvalue weighted by atomic mass is 32.2. The Morgan fingerprint density at radius 3 is 2.54 bits per heavy atom. The molecule has 2 aromatic carbocycles. The molecule has 1 aliphatic rings. The van der Waals surface area contributed by atoms with E-state index in [4.69, 9.17) is 19.6 Å². The SMILES string of the molecule is CS(=O)(=O)c1ccc2c(c1)CC(c1nc3ccc(-c4cn[nH]c4)cc3[nH]1)CO2.O=C(O)C(F)(F)F. The van der Waals surface area contributed by atoms with E-state index in [-0.39, 0.29) is 5.92 Å². The Bertz CT molecular complexity index is 1480. The molecule has 1 unspecified atom stereocenters. The highest BCUT2D eigenvalue weighted by Gasteiger charge is 2.38. The summed E-state index contributed by atoms with van der Waals surface area (Å²) in [5.41, 5.74) is 4.79. The molecule has 35 heavy (non-hydrogen) atoms. The van der Waals surface area contributed by atoms with Crippen LogP contribution in [0.5, 0.6) is 5.75 Å². The maximum absolute atomic E-state index is 11.9. The van der Waals surface area contributed by atoms with E-state index < -0.39 is 22.0 Å². The van der Waals surface area contributed by atoms with Crippen LogP contribution in [0.1, 0.15) is 17.3 Å². The monoisotopic (exact) mass is 508 g/mol. The van der Waals surface area contributed by atoms with Crippen LogP contribution in [0.3, 0.4) is 0 Å². The summed E-state index contributed by atoms with van der Waals surface area (Å²) in [5, 5.41) is 13.9. The van der Waals surface area contributed by atoms with Crippen LogP contribution < -0.4 is 4.74 Å². The van der Waals surface area contributed by atoms with Crippen molar-refractivity contribution in [2.24, 2.45) is 0 Å². The lowest BCUT2D eigenvalue weighted by molar-refractivity contribution is -0.192. The highest BCUT2D eigenvalue weighted by Crippen LogP contribution is 2.34. The van der Waals surface area contributed by atoms with Gasteiger partial charge in [-0.05, 0) is 47.9 Å². The van der Waals surface area contributed by atoms with Crippen molar-refractivity contribution in [1.82, 2.24) is 20.2 Å². The Balaban J connectivity index is 0.000000364. The number of halogens is 3. The van der Waals surface area contributed by atoms with Crippen molar-refractivity contribution in [2.75, 3.05) is 12.9 Å². The topological polar surface area (TPSA) is 138 Å². The molecule has 1 atom stereocenters. The number of rotatable bonds is 3. The number of hydrogen-bond donors (Lipinski definition) is 3. The maximum Gasteiger partial charge on any atom is 0.490 e. The van der Waals surface area contributed by atoms with Crippen LogP contribution in [-0.2, 0) is 21.1 Å². The molecule has 4 aromatic rings. The van der Waals surface area contributed by atoms with Gasteiger partial charge in [0, 0.05) is 18.0 Å². The summed E-state index contributed by atoms with van der Waals surface area (Å²) in [6.07, 6.45) is 0.438. The zero-order valence-corrected chi connectivity index (χ0v) is 18.9. The summed E-state index contributed by atoms with van der Waals surface area (Å²) in [5.74, 6) is -1.14. The van der Waals surface area contributed by atoms with E-state index in [1.807, 2.05) is 18.3 Å².